The first-order valence-electron chi connectivity index (χ1n) is 12.5. The molecule has 3 rings (SSSR count). The number of benzene rings is 1. The number of aromatic amines is 1. The van der Waals surface area contributed by atoms with Crippen LogP contribution < -0.4 is 10.1 Å². The molecule has 0 saturated carbocycles. The van der Waals surface area contributed by atoms with E-state index in [0.717, 1.165) is 0 Å². The van der Waals surface area contributed by atoms with E-state index in [1.807, 2.05) is 0 Å². The average Bonchev–Trinajstić information content (AvgIpc) is 3.11. The first kappa shape index (κ1) is 25.4. The summed E-state index contributed by atoms with van der Waals surface area (Å²) in [6.45, 7) is 5.19. The van der Waals surface area contributed by atoms with E-state index in [2.05, 4.69) is 4.98 Å². The van der Waals surface area contributed by atoms with Crippen molar-refractivity contribution in [3.63, 3.8) is 0 Å². The highest BCUT2D eigenvalue weighted by molar-refractivity contribution is 7.71. The topological polar surface area (TPSA) is 129 Å². The molecule has 1 aliphatic rings. The minimum atomic E-state index is -4.37. The highest BCUT2D eigenvalue weighted by atomic mass is 32.1. The summed E-state index contributed by atoms with van der Waals surface area (Å²) in [7, 11) is -4.37. The molecular formula is C24H33N2O8PS. The smallest absolute Gasteiger partial charge is 0.380 e. The van der Waals surface area contributed by atoms with Gasteiger partial charge in [0.15, 0.2) is 4.77 Å². The maximum absolute atomic E-state index is 13.9. The van der Waals surface area contributed by atoms with Gasteiger partial charge in [0, 0.05) is 17.7 Å². The lowest BCUT2D eigenvalue weighted by molar-refractivity contribution is -0.151. The number of H-pyrrole nitrogens is 1. The molecule has 0 radical (unpaired) electrons. The van der Waals surface area contributed by atoms with E-state index >= 15 is 0 Å². The molecule has 0 aliphatic carbocycles. The fourth-order valence-corrected chi connectivity index (χ4v) is 5.58. The predicted molar refractivity (Wildman–Crippen MR) is 136 cm³/mol. The number of aryl methyl sites for hydroxylation is 1. The van der Waals surface area contributed by atoms with Gasteiger partial charge in [0.2, 0.25) is 0 Å². The van der Waals surface area contributed by atoms with Gasteiger partial charge in [-0.05, 0) is 45.1 Å². The van der Waals surface area contributed by atoms with Gasteiger partial charge in [-0.1, -0.05) is 32.0 Å². The largest absolute Gasteiger partial charge is 0.463 e. The Morgan fingerprint density at radius 1 is 1.33 bits per heavy atom. The summed E-state index contributed by atoms with van der Waals surface area (Å²) in [5, 5.41) is 10.9. The molecule has 0 amide bonds. The van der Waals surface area contributed by atoms with E-state index in [9.17, 15) is 19.3 Å². The molecule has 12 heteroatoms. The molecule has 198 valence electrons. The van der Waals surface area contributed by atoms with Gasteiger partial charge in [0.1, 0.15) is 18.1 Å². The van der Waals surface area contributed by atoms with Crippen LogP contribution in [-0.4, -0.2) is 51.7 Å². The van der Waals surface area contributed by atoms with Crippen molar-refractivity contribution in [3.8, 4) is 5.75 Å². The summed E-state index contributed by atoms with van der Waals surface area (Å²) in [4.78, 5) is 26.8. The maximum atomic E-state index is 13.9. The zero-order chi connectivity index (χ0) is 28.4. The Kier molecular flexibility index (Phi) is 8.33. The highest BCUT2D eigenvalue weighted by Gasteiger charge is 2.44. The molecule has 1 aromatic carbocycles. The molecule has 0 spiro atoms. The zero-order valence-corrected chi connectivity index (χ0v) is 22.5. The second-order valence-corrected chi connectivity index (χ2v) is 11.4. The monoisotopic (exact) mass is 542 g/mol. The molecule has 10 nitrogen and oxygen atoms in total. The van der Waals surface area contributed by atoms with Gasteiger partial charge in [0.25, 0.3) is 5.56 Å². The summed E-state index contributed by atoms with van der Waals surface area (Å²) in [5.41, 5.74) is -0.0357. The molecule has 1 aromatic heterocycles. The molecule has 2 aromatic rings. The summed E-state index contributed by atoms with van der Waals surface area (Å²) in [5.74, 6) is -2.14. The van der Waals surface area contributed by atoms with E-state index in [-0.39, 0.29) is 16.1 Å². The zero-order valence-electron chi connectivity index (χ0n) is 22.7. The first-order valence-corrected chi connectivity index (χ1v) is 13.7. The fourth-order valence-electron chi connectivity index (χ4n) is 3.62. The fraction of sp³-hybridized carbons (Fsp3) is 0.542. The Morgan fingerprint density at radius 3 is 2.64 bits per heavy atom. The quantitative estimate of drug-likeness (QED) is 0.260. The lowest BCUT2D eigenvalue weighted by Gasteiger charge is -2.24. The molecule has 1 fully saturated rings. The van der Waals surface area contributed by atoms with Crippen molar-refractivity contribution in [1.82, 2.24) is 9.55 Å². The van der Waals surface area contributed by atoms with E-state index < -0.39 is 62.7 Å². The molecular weight excluding hydrogens is 507 g/mol. The van der Waals surface area contributed by atoms with Crippen LogP contribution in [0.15, 0.2) is 41.3 Å². The van der Waals surface area contributed by atoms with Crippen LogP contribution in [0.1, 0.15) is 42.2 Å². The third-order valence-corrected chi connectivity index (χ3v) is 7.73. The molecule has 0 bridgehead atoms. The van der Waals surface area contributed by atoms with Crippen LogP contribution in [0, 0.1) is 23.5 Å². The number of carbonyl (C=O) groups is 1. The van der Waals surface area contributed by atoms with Crippen LogP contribution in [0.25, 0.3) is 0 Å². The molecule has 36 heavy (non-hydrogen) atoms. The Hall–Kier alpha value is -2.30. The number of aliphatic hydroxyl groups excluding tert-OH is 1. The second-order valence-electron chi connectivity index (χ2n) is 9.07. The average molecular weight is 543 g/mol. The number of nitrogens with one attached hydrogen (secondary N) is 1. The number of hydrogen-bond acceptors (Lipinski definition) is 9. The number of rotatable bonds is 10. The van der Waals surface area contributed by atoms with Crippen LogP contribution >= 0.6 is 19.8 Å². The number of aromatic nitrogens is 2. The van der Waals surface area contributed by atoms with Crippen LogP contribution in [0.5, 0.6) is 5.75 Å². The van der Waals surface area contributed by atoms with Crippen molar-refractivity contribution in [2.24, 2.45) is 11.8 Å². The third kappa shape index (κ3) is 6.92. The van der Waals surface area contributed by atoms with Crippen LogP contribution in [0.3, 0.4) is 0 Å². The Labute approximate surface area is 217 Å². The number of aliphatic hydroxyl groups is 1. The Bertz CT molecular complexity index is 1300. The third-order valence-electron chi connectivity index (χ3n) is 5.55. The van der Waals surface area contributed by atoms with Crippen molar-refractivity contribution in [2.75, 3.05) is 12.7 Å². The standard InChI is InChI=1S/C24H33N2O8PS/c1-14(2)32-23(29)16(4)13-35(30,34-18-9-7-6-8-10-18)31-12-19-20(27)17(5)22(33-19)26-11-15(3)21(28)25-24(26)36/h6-11,14,16-17,19-20,22,27H,12-13H2,1-5H3,(H,25,28,36)/t16-,17-,19+,20?,22+,35?/m1/s1/i12D2. The predicted octanol–water partition coefficient (Wildman–Crippen LogP) is 3.99. The number of esters is 1. The van der Waals surface area contributed by atoms with Crippen molar-refractivity contribution < 1.29 is 35.7 Å². The number of para-hydroxylation sites is 1. The summed E-state index contributed by atoms with van der Waals surface area (Å²) < 4.78 is 54.8. The van der Waals surface area contributed by atoms with E-state index in [4.69, 9.17) is 33.5 Å². The van der Waals surface area contributed by atoms with E-state index in [0.29, 0.717) is 5.56 Å². The molecule has 6 atom stereocenters. The lowest BCUT2D eigenvalue weighted by atomic mass is 10.0. The SMILES string of the molecule is [2H]C([2H])(OP(=O)(C[C@@H](C)C(=O)OC(C)C)Oc1ccccc1)[C@@H]1O[C@H](n2cc(C)c(=O)[nH]c2=S)[C@H](C)C1O. The Morgan fingerprint density at radius 2 is 2.00 bits per heavy atom. The normalized spacial score (nSPS) is 25.5. The first-order chi connectivity index (χ1) is 17.6. The van der Waals surface area contributed by atoms with Crippen LogP contribution in [-0.2, 0) is 23.4 Å². The molecule has 2 heterocycles. The van der Waals surface area contributed by atoms with Crippen molar-refractivity contribution in [3.05, 3.63) is 57.2 Å². The second kappa shape index (κ2) is 11.8. The number of ether oxygens (including phenoxy) is 2. The van der Waals surface area contributed by atoms with E-state index in [1.54, 1.807) is 45.9 Å². The van der Waals surface area contributed by atoms with E-state index in [1.165, 1.54) is 29.8 Å². The summed E-state index contributed by atoms with van der Waals surface area (Å²) in [6.07, 6.45) is -3.40. The van der Waals surface area contributed by atoms with Crippen molar-refractivity contribution in [2.45, 2.75) is 59.2 Å². The van der Waals surface area contributed by atoms with Gasteiger partial charge < -0.3 is 19.1 Å². The van der Waals surface area contributed by atoms with Gasteiger partial charge in [0.05, 0.1) is 33.6 Å². The minimum Gasteiger partial charge on any atom is -0.463 e. The van der Waals surface area contributed by atoms with Gasteiger partial charge in [-0.3, -0.25) is 23.7 Å². The number of nitrogens with zero attached hydrogens (tertiary/aromatic N) is 1. The molecule has 1 saturated heterocycles. The number of hydrogen-bond donors (Lipinski definition) is 2. The summed E-state index contributed by atoms with van der Waals surface area (Å²) >= 11 is 5.23. The van der Waals surface area contributed by atoms with Gasteiger partial charge >= 0.3 is 13.6 Å². The van der Waals surface area contributed by atoms with Crippen LogP contribution in [0.2, 0.25) is 0 Å². The molecule has 2 N–H and O–H groups in total. The van der Waals surface area contributed by atoms with Crippen molar-refractivity contribution >= 4 is 25.8 Å². The molecule has 2 unspecified atom stereocenters. The van der Waals surface area contributed by atoms with Gasteiger partial charge in [-0.25, -0.2) is 4.57 Å². The summed E-state index contributed by atoms with van der Waals surface area (Å²) in [6, 6.07) is 8.02. The van der Waals surface area contributed by atoms with Gasteiger partial charge in [-0.15, -0.1) is 0 Å². The molecule has 1 aliphatic heterocycles. The minimum absolute atomic E-state index is 0.0300. The highest BCUT2D eigenvalue weighted by Crippen LogP contribution is 2.51. The lowest BCUT2D eigenvalue weighted by Crippen LogP contribution is -2.30. The van der Waals surface area contributed by atoms with Gasteiger partial charge in [-0.2, -0.15) is 0 Å². The van der Waals surface area contributed by atoms with Crippen molar-refractivity contribution in [1.29, 1.82) is 0 Å². The Balaban J connectivity index is 1.90. The van der Waals surface area contributed by atoms with Crippen LogP contribution in [0.4, 0.5) is 0 Å². The number of carbonyl (C=O) groups excluding carboxylic acids is 1. The maximum Gasteiger partial charge on any atom is 0.380 e.